The van der Waals surface area contributed by atoms with Crippen LogP contribution in [0, 0.1) is 11.8 Å². The van der Waals surface area contributed by atoms with Crippen molar-refractivity contribution in [3.05, 3.63) is 35.4 Å². The molecule has 19 heavy (non-hydrogen) atoms. The first kappa shape index (κ1) is 14.1. The standard InChI is InChI=1S/C16H22N2O/c1-16(19)9-5-11-18(13-16)12-15-7-3-2-6-14(15)8-4-10-17/h2-3,6-7,19H,5,9-13,17H2,1H3. The molecule has 1 aromatic rings. The molecule has 0 amide bonds. The van der Waals surface area contributed by atoms with E-state index in [1.54, 1.807) is 0 Å². The number of β-amino-alcohol motifs (C(OH)–C–C–N with tert-alkyl or cyclic N) is 1. The van der Waals surface area contributed by atoms with Crippen molar-refractivity contribution >= 4 is 0 Å². The minimum absolute atomic E-state index is 0.382. The molecular formula is C16H22N2O. The van der Waals surface area contributed by atoms with E-state index in [9.17, 15) is 5.11 Å². The molecule has 0 bridgehead atoms. The Morgan fingerprint density at radius 3 is 2.95 bits per heavy atom. The van der Waals surface area contributed by atoms with Crippen LogP contribution < -0.4 is 5.73 Å². The largest absolute Gasteiger partial charge is 0.389 e. The van der Waals surface area contributed by atoms with Crippen LogP contribution in [0.4, 0.5) is 0 Å². The fourth-order valence-electron chi connectivity index (χ4n) is 2.63. The predicted octanol–water partition coefficient (Wildman–Crippen LogP) is 1.34. The third-order valence-electron chi connectivity index (χ3n) is 3.49. The van der Waals surface area contributed by atoms with Crippen molar-refractivity contribution in [3.63, 3.8) is 0 Å². The minimum Gasteiger partial charge on any atom is -0.389 e. The molecule has 1 atom stereocenters. The highest BCUT2D eigenvalue weighted by Crippen LogP contribution is 2.22. The lowest BCUT2D eigenvalue weighted by Crippen LogP contribution is -2.45. The SMILES string of the molecule is CC1(O)CCCN(Cc2ccccc2C#CCN)C1. The van der Waals surface area contributed by atoms with Crippen molar-refractivity contribution in [2.75, 3.05) is 19.6 Å². The molecule has 2 rings (SSSR count). The number of nitrogens with two attached hydrogens (primary N) is 1. The van der Waals surface area contributed by atoms with Gasteiger partial charge in [-0.3, -0.25) is 4.90 Å². The Labute approximate surface area is 115 Å². The van der Waals surface area contributed by atoms with Gasteiger partial charge in [-0.15, -0.1) is 0 Å². The van der Waals surface area contributed by atoms with E-state index in [4.69, 9.17) is 5.73 Å². The number of benzene rings is 1. The van der Waals surface area contributed by atoms with E-state index in [1.165, 1.54) is 5.56 Å². The van der Waals surface area contributed by atoms with Gasteiger partial charge in [0.1, 0.15) is 0 Å². The molecule has 0 spiro atoms. The van der Waals surface area contributed by atoms with Crippen LogP contribution >= 0.6 is 0 Å². The third kappa shape index (κ3) is 4.07. The summed E-state index contributed by atoms with van der Waals surface area (Å²) >= 11 is 0. The average Bonchev–Trinajstić information content (AvgIpc) is 2.36. The quantitative estimate of drug-likeness (QED) is 0.787. The number of likely N-dealkylation sites (tertiary alicyclic amines) is 1. The van der Waals surface area contributed by atoms with Crippen LogP contribution in [-0.2, 0) is 6.54 Å². The van der Waals surface area contributed by atoms with Gasteiger partial charge >= 0.3 is 0 Å². The van der Waals surface area contributed by atoms with Crippen LogP contribution in [0.3, 0.4) is 0 Å². The maximum Gasteiger partial charge on any atom is 0.0746 e. The van der Waals surface area contributed by atoms with Gasteiger partial charge in [-0.05, 0) is 37.9 Å². The fourth-order valence-corrected chi connectivity index (χ4v) is 2.63. The molecule has 1 unspecified atom stereocenters. The lowest BCUT2D eigenvalue weighted by Gasteiger charge is -2.37. The molecular weight excluding hydrogens is 236 g/mol. The van der Waals surface area contributed by atoms with Crippen LogP contribution in [0.25, 0.3) is 0 Å². The van der Waals surface area contributed by atoms with E-state index in [2.05, 4.69) is 22.8 Å². The Morgan fingerprint density at radius 1 is 1.42 bits per heavy atom. The zero-order chi connectivity index (χ0) is 13.7. The van der Waals surface area contributed by atoms with Crippen LogP contribution in [0.2, 0.25) is 0 Å². The molecule has 3 nitrogen and oxygen atoms in total. The van der Waals surface area contributed by atoms with Gasteiger partial charge in [0.2, 0.25) is 0 Å². The Kier molecular flexibility index (Phi) is 4.60. The van der Waals surface area contributed by atoms with Crippen molar-refractivity contribution in [1.29, 1.82) is 0 Å². The molecule has 1 heterocycles. The van der Waals surface area contributed by atoms with Crippen LogP contribution in [0.15, 0.2) is 24.3 Å². The van der Waals surface area contributed by atoms with Crippen LogP contribution in [-0.4, -0.2) is 35.2 Å². The van der Waals surface area contributed by atoms with Gasteiger partial charge in [0.05, 0.1) is 12.1 Å². The maximum atomic E-state index is 10.1. The van der Waals surface area contributed by atoms with Gasteiger partial charge in [-0.2, -0.15) is 0 Å². The number of rotatable bonds is 2. The van der Waals surface area contributed by atoms with Crippen molar-refractivity contribution in [2.45, 2.75) is 31.9 Å². The first-order chi connectivity index (χ1) is 9.11. The molecule has 102 valence electrons. The summed E-state index contributed by atoms with van der Waals surface area (Å²) in [5.41, 5.74) is 7.12. The highest BCUT2D eigenvalue weighted by Gasteiger charge is 2.28. The molecule has 1 aromatic carbocycles. The van der Waals surface area contributed by atoms with E-state index in [0.29, 0.717) is 6.54 Å². The molecule has 3 heteroatoms. The second-order valence-corrected chi connectivity index (χ2v) is 5.47. The first-order valence-electron chi connectivity index (χ1n) is 6.82. The van der Waals surface area contributed by atoms with E-state index in [-0.39, 0.29) is 0 Å². The molecule has 0 aliphatic carbocycles. The normalized spacial score (nSPS) is 23.7. The number of nitrogens with zero attached hydrogens (tertiary/aromatic N) is 1. The number of aliphatic hydroxyl groups is 1. The van der Waals surface area contributed by atoms with Gasteiger partial charge in [-0.25, -0.2) is 0 Å². The lowest BCUT2D eigenvalue weighted by molar-refractivity contribution is -0.0181. The minimum atomic E-state index is -0.559. The Bertz CT molecular complexity index is 485. The second kappa shape index (κ2) is 6.21. The average molecular weight is 258 g/mol. The Morgan fingerprint density at radius 2 is 2.21 bits per heavy atom. The summed E-state index contributed by atoms with van der Waals surface area (Å²) in [6, 6.07) is 8.16. The van der Waals surface area contributed by atoms with E-state index >= 15 is 0 Å². The highest BCUT2D eigenvalue weighted by molar-refractivity contribution is 5.41. The summed E-state index contributed by atoms with van der Waals surface area (Å²) in [5.74, 6) is 6.03. The summed E-state index contributed by atoms with van der Waals surface area (Å²) in [4.78, 5) is 2.30. The van der Waals surface area contributed by atoms with Crippen LogP contribution in [0.1, 0.15) is 30.9 Å². The molecule has 1 aliphatic heterocycles. The summed E-state index contributed by atoms with van der Waals surface area (Å²) in [6.45, 7) is 4.90. The molecule has 1 saturated heterocycles. The summed E-state index contributed by atoms with van der Waals surface area (Å²) in [6.07, 6.45) is 1.93. The smallest absolute Gasteiger partial charge is 0.0746 e. The zero-order valence-corrected chi connectivity index (χ0v) is 11.5. The molecule has 0 saturated carbocycles. The van der Waals surface area contributed by atoms with Crippen molar-refractivity contribution < 1.29 is 5.11 Å². The lowest BCUT2D eigenvalue weighted by atomic mass is 9.94. The van der Waals surface area contributed by atoms with Gasteiger partial charge in [0.15, 0.2) is 0 Å². The summed E-state index contributed by atoms with van der Waals surface area (Å²) in [7, 11) is 0. The van der Waals surface area contributed by atoms with E-state index in [0.717, 1.165) is 38.0 Å². The van der Waals surface area contributed by atoms with E-state index < -0.39 is 5.60 Å². The molecule has 1 aliphatic rings. The van der Waals surface area contributed by atoms with Gasteiger partial charge in [0.25, 0.3) is 0 Å². The first-order valence-corrected chi connectivity index (χ1v) is 6.82. The number of piperidine rings is 1. The fraction of sp³-hybridized carbons (Fsp3) is 0.500. The predicted molar refractivity (Wildman–Crippen MR) is 77.5 cm³/mol. The van der Waals surface area contributed by atoms with E-state index in [1.807, 2.05) is 25.1 Å². The van der Waals surface area contributed by atoms with Crippen molar-refractivity contribution in [1.82, 2.24) is 4.90 Å². The van der Waals surface area contributed by atoms with Gasteiger partial charge < -0.3 is 10.8 Å². The van der Waals surface area contributed by atoms with Crippen molar-refractivity contribution in [2.24, 2.45) is 5.73 Å². The summed E-state index contributed by atoms with van der Waals surface area (Å²) in [5, 5.41) is 10.1. The maximum absolute atomic E-state index is 10.1. The topological polar surface area (TPSA) is 49.5 Å². The molecule has 3 N–H and O–H groups in total. The highest BCUT2D eigenvalue weighted by atomic mass is 16.3. The second-order valence-electron chi connectivity index (χ2n) is 5.47. The van der Waals surface area contributed by atoms with Gasteiger partial charge in [-0.1, -0.05) is 30.0 Å². The number of hydrogen-bond acceptors (Lipinski definition) is 3. The number of hydrogen-bond donors (Lipinski definition) is 2. The molecule has 0 radical (unpaired) electrons. The van der Waals surface area contributed by atoms with Crippen LogP contribution in [0.5, 0.6) is 0 Å². The summed E-state index contributed by atoms with van der Waals surface area (Å²) < 4.78 is 0. The Balaban J connectivity index is 2.10. The Hall–Kier alpha value is -1.34. The third-order valence-corrected chi connectivity index (χ3v) is 3.49. The molecule has 1 fully saturated rings. The molecule has 0 aromatic heterocycles. The monoisotopic (exact) mass is 258 g/mol. The van der Waals surface area contributed by atoms with Gasteiger partial charge in [0, 0.05) is 18.7 Å². The zero-order valence-electron chi connectivity index (χ0n) is 11.5. The van der Waals surface area contributed by atoms with Crippen molar-refractivity contribution in [3.8, 4) is 11.8 Å².